The van der Waals surface area contributed by atoms with Crippen LogP contribution in [0.2, 0.25) is 0 Å². The van der Waals surface area contributed by atoms with E-state index in [0.29, 0.717) is 5.70 Å². The molecule has 0 saturated carbocycles. The van der Waals surface area contributed by atoms with E-state index in [1.54, 1.807) is 0 Å². The largest absolute Gasteiger partial charge is 0.464 e. The molecule has 0 amide bonds. The number of benzene rings is 1. The Morgan fingerprint density at radius 3 is 2.50 bits per heavy atom. The average molecular weight is 219 g/mol. The van der Waals surface area contributed by atoms with Gasteiger partial charge in [-0.1, -0.05) is 31.2 Å². The molecule has 0 atom stereocenters. The van der Waals surface area contributed by atoms with Crippen molar-refractivity contribution in [2.75, 3.05) is 19.1 Å². The lowest BCUT2D eigenvalue weighted by Crippen LogP contribution is -2.24. The summed E-state index contributed by atoms with van der Waals surface area (Å²) in [5, 5.41) is 0. The molecule has 1 aromatic rings. The van der Waals surface area contributed by atoms with Crippen LogP contribution in [0.1, 0.15) is 13.3 Å². The monoisotopic (exact) mass is 219 g/mol. The maximum atomic E-state index is 11.6. The number of carbonyl (C=O) groups excluding carboxylic acids is 1. The van der Waals surface area contributed by atoms with Gasteiger partial charge in [0.05, 0.1) is 7.11 Å². The number of ether oxygens (including phenoxy) is 1. The standard InChI is InChI=1S/C13H17NO2/c1-4-8-12(13(15)16-3)14(2)11-9-6-5-7-10-11/h5-10H,4H2,1-3H3/b12-8-. The lowest BCUT2D eigenvalue weighted by atomic mass is 10.2. The molecule has 86 valence electrons. The Bertz CT molecular complexity index is 371. The van der Waals surface area contributed by atoms with E-state index in [0.717, 1.165) is 12.1 Å². The molecular weight excluding hydrogens is 202 g/mol. The molecule has 0 aliphatic carbocycles. The number of methoxy groups -OCH3 is 1. The number of carbonyl (C=O) groups is 1. The molecule has 0 aromatic heterocycles. The van der Waals surface area contributed by atoms with E-state index in [1.807, 2.05) is 55.3 Å². The van der Waals surface area contributed by atoms with E-state index >= 15 is 0 Å². The van der Waals surface area contributed by atoms with E-state index < -0.39 is 0 Å². The minimum absolute atomic E-state index is 0.312. The lowest BCUT2D eigenvalue weighted by molar-refractivity contribution is -0.136. The lowest BCUT2D eigenvalue weighted by Gasteiger charge is -2.20. The highest BCUT2D eigenvalue weighted by Gasteiger charge is 2.14. The van der Waals surface area contributed by atoms with Gasteiger partial charge in [-0.05, 0) is 18.6 Å². The maximum absolute atomic E-state index is 11.6. The van der Waals surface area contributed by atoms with Crippen LogP contribution in [0.4, 0.5) is 5.69 Å². The van der Waals surface area contributed by atoms with Crippen LogP contribution in [-0.2, 0) is 9.53 Å². The van der Waals surface area contributed by atoms with Crippen molar-refractivity contribution in [3.8, 4) is 0 Å². The smallest absolute Gasteiger partial charge is 0.354 e. The van der Waals surface area contributed by atoms with Crippen LogP contribution >= 0.6 is 0 Å². The van der Waals surface area contributed by atoms with Crippen molar-refractivity contribution in [1.82, 2.24) is 0 Å². The van der Waals surface area contributed by atoms with E-state index in [1.165, 1.54) is 7.11 Å². The number of anilines is 1. The number of rotatable bonds is 4. The minimum atomic E-state index is -0.312. The molecule has 0 aliphatic heterocycles. The summed E-state index contributed by atoms with van der Waals surface area (Å²) in [6.07, 6.45) is 2.65. The molecule has 0 unspecified atom stereocenters. The first kappa shape index (κ1) is 12.3. The van der Waals surface area contributed by atoms with Gasteiger partial charge in [-0.3, -0.25) is 0 Å². The number of nitrogens with zero attached hydrogens (tertiary/aromatic N) is 1. The van der Waals surface area contributed by atoms with Crippen LogP contribution in [-0.4, -0.2) is 20.1 Å². The van der Waals surface area contributed by atoms with Crippen LogP contribution in [0.25, 0.3) is 0 Å². The summed E-state index contributed by atoms with van der Waals surface area (Å²) in [7, 11) is 3.25. The summed E-state index contributed by atoms with van der Waals surface area (Å²) in [5.41, 5.74) is 1.53. The van der Waals surface area contributed by atoms with Gasteiger partial charge in [-0.15, -0.1) is 0 Å². The van der Waals surface area contributed by atoms with Gasteiger partial charge >= 0.3 is 5.97 Å². The Labute approximate surface area is 96.3 Å². The summed E-state index contributed by atoms with van der Waals surface area (Å²) in [4.78, 5) is 13.4. The van der Waals surface area contributed by atoms with E-state index in [4.69, 9.17) is 4.74 Å². The third-order valence-corrected chi connectivity index (χ3v) is 2.30. The topological polar surface area (TPSA) is 29.5 Å². The number of likely N-dealkylation sites (N-methyl/N-ethyl adjacent to an activating group) is 1. The first-order valence-electron chi connectivity index (χ1n) is 5.28. The Kier molecular flexibility index (Phi) is 4.58. The summed E-state index contributed by atoms with van der Waals surface area (Å²) >= 11 is 0. The van der Waals surface area contributed by atoms with Gasteiger partial charge in [0.25, 0.3) is 0 Å². The quantitative estimate of drug-likeness (QED) is 0.576. The van der Waals surface area contributed by atoms with Gasteiger partial charge in [0.15, 0.2) is 0 Å². The number of allylic oxidation sites excluding steroid dienone is 1. The zero-order valence-electron chi connectivity index (χ0n) is 9.93. The first-order chi connectivity index (χ1) is 7.70. The second kappa shape index (κ2) is 5.95. The molecule has 3 heteroatoms. The molecule has 0 heterocycles. The maximum Gasteiger partial charge on any atom is 0.354 e. The average Bonchev–Trinajstić information content (AvgIpc) is 2.35. The Balaban J connectivity index is 2.97. The van der Waals surface area contributed by atoms with Crippen LogP contribution < -0.4 is 4.90 Å². The Morgan fingerprint density at radius 1 is 1.38 bits per heavy atom. The zero-order chi connectivity index (χ0) is 12.0. The van der Waals surface area contributed by atoms with Gasteiger partial charge in [-0.25, -0.2) is 4.79 Å². The van der Waals surface area contributed by atoms with Crippen LogP contribution in [0.5, 0.6) is 0 Å². The van der Waals surface area contributed by atoms with Crippen molar-refractivity contribution in [1.29, 1.82) is 0 Å². The van der Waals surface area contributed by atoms with Gasteiger partial charge in [-0.2, -0.15) is 0 Å². The number of hydrogen-bond acceptors (Lipinski definition) is 3. The number of para-hydroxylation sites is 1. The van der Waals surface area contributed by atoms with Gasteiger partial charge < -0.3 is 9.64 Å². The third-order valence-electron chi connectivity index (χ3n) is 2.30. The minimum Gasteiger partial charge on any atom is -0.464 e. The summed E-state index contributed by atoms with van der Waals surface area (Å²) in [6, 6.07) is 9.72. The highest BCUT2D eigenvalue weighted by molar-refractivity contribution is 5.92. The molecule has 3 nitrogen and oxygen atoms in total. The summed E-state index contributed by atoms with van der Waals surface area (Å²) in [6.45, 7) is 1.99. The predicted octanol–water partition coefficient (Wildman–Crippen LogP) is 2.59. The van der Waals surface area contributed by atoms with Gasteiger partial charge in [0, 0.05) is 12.7 Å². The fraction of sp³-hybridized carbons (Fsp3) is 0.308. The highest BCUT2D eigenvalue weighted by Crippen LogP contribution is 2.17. The van der Waals surface area contributed by atoms with Crippen molar-refractivity contribution < 1.29 is 9.53 Å². The molecule has 0 N–H and O–H groups in total. The molecule has 16 heavy (non-hydrogen) atoms. The molecule has 1 rings (SSSR count). The first-order valence-corrected chi connectivity index (χ1v) is 5.28. The fourth-order valence-corrected chi connectivity index (χ4v) is 1.45. The van der Waals surface area contributed by atoms with Crippen molar-refractivity contribution in [2.24, 2.45) is 0 Å². The fourth-order valence-electron chi connectivity index (χ4n) is 1.45. The number of hydrogen-bond donors (Lipinski definition) is 0. The zero-order valence-corrected chi connectivity index (χ0v) is 9.93. The highest BCUT2D eigenvalue weighted by atomic mass is 16.5. The van der Waals surface area contributed by atoms with Crippen LogP contribution in [0.3, 0.4) is 0 Å². The molecule has 1 aromatic carbocycles. The Morgan fingerprint density at radius 2 is 2.00 bits per heavy atom. The van der Waals surface area contributed by atoms with Gasteiger partial charge in [0.2, 0.25) is 0 Å². The van der Waals surface area contributed by atoms with Crippen molar-refractivity contribution in [3.05, 3.63) is 42.1 Å². The van der Waals surface area contributed by atoms with E-state index in [-0.39, 0.29) is 5.97 Å². The van der Waals surface area contributed by atoms with E-state index in [9.17, 15) is 4.79 Å². The molecule has 0 radical (unpaired) electrons. The SMILES string of the molecule is CC/C=C(/C(=O)OC)N(C)c1ccccc1. The molecule has 0 spiro atoms. The van der Waals surface area contributed by atoms with Crippen molar-refractivity contribution in [2.45, 2.75) is 13.3 Å². The molecule has 0 fully saturated rings. The molecule has 0 bridgehead atoms. The second-order valence-electron chi connectivity index (χ2n) is 3.38. The predicted molar refractivity (Wildman–Crippen MR) is 65.2 cm³/mol. The normalized spacial score (nSPS) is 11.1. The summed E-state index contributed by atoms with van der Waals surface area (Å²) < 4.78 is 4.76. The third kappa shape index (κ3) is 2.86. The summed E-state index contributed by atoms with van der Waals surface area (Å²) in [5.74, 6) is -0.312. The number of esters is 1. The van der Waals surface area contributed by atoms with Crippen molar-refractivity contribution >= 4 is 11.7 Å². The van der Waals surface area contributed by atoms with E-state index in [2.05, 4.69) is 0 Å². The van der Waals surface area contributed by atoms with Crippen LogP contribution in [0.15, 0.2) is 42.1 Å². The molecule has 0 saturated heterocycles. The molecular formula is C13H17NO2. The Hall–Kier alpha value is -1.77. The van der Waals surface area contributed by atoms with Crippen LogP contribution in [0, 0.1) is 0 Å². The van der Waals surface area contributed by atoms with Gasteiger partial charge in [0.1, 0.15) is 5.70 Å². The second-order valence-corrected chi connectivity index (χ2v) is 3.38. The molecule has 0 aliphatic rings. The van der Waals surface area contributed by atoms with Crippen molar-refractivity contribution in [3.63, 3.8) is 0 Å².